The van der Waals surface area contributed by atoms with E-state index in [0.29, 0.717) is 19.1 Å². The van der Waals surface area contributed by atoms with Gasteiger partial charge in [0.05, 0.1) is 13.2 Å². The van der Waals surface area contributed by atoms with Crippen LogP contribution in [0.15, 0.2) is 60.7 Å². The number of rotatable bonds is 11. The maximum atomic E-state index is 12.8. The van der Waals surface area contributed by atoms with E-state index in [-0.39, 0.29) is 6.09 Å². The summed E-state index contributed by atoms with van der Waals surface area (Å²) in [6, 6.07) is 19.8. The summed E-state index contributed by atoms with van der Waals surface area (Å²) < 4.78 is 5.73. The zero-order valence-electron chi connectivity index (χ0n) is 16.8. The molecule has 2 rings (SSSR count). The third-order valence-electron chi connectivity index (χ3n) is 4.96. The Morgan fingerprint density at radius 1 is 0.926 bits per heavy atom. The first-order valence-electron chi connectivity index (χ1n) is 10.3. The van der Waals surface area contributed by atoms with Gasteiger partial charge in [-0.3, -0.25) is 4.90 Å². The summed E-state index contributed by atoms with van der Waals surface area (Å²) >= 11 is 0. The molecular weight excluding hydrogens is 334 g/mol. The van der Waals surface area contributed by atoms with Crippen LogP contribution in [0, 0.1) is 5.92 Å². The van der Waals surface area contributed by atoms with Gasteiger partial charge in [0.2, 0.25) is 0 Å². The molecule has 0 aliphatic rings. The van der Waals surface area contributed by atoms with Crippen LogP contribution in [0.4, 0.5) is 10.5 Å². The quantitative estimate of drug-likeness (QED) is 0.407. The summed E-state index contributed by atoms with van der Waals surface area (Å²) in [6.45, 7) is 5.41. The number of carbonyl (C=O) groups is 1. The standard InChI is InChI=1S/C24H33NO2/c1-3-5-6-9-14-21(4-2)20-27-24(26)25(23-17-12-8-13-18-23)19-22-15-10-7-11-16-22/h7-8,10-13,15-18,21H,3-6,9,14,19-20H2,1-2H3/t21-/m0/s1. The number of para-hydroxylation sites is 1. The second-order valence-corrected chi connectivity index (χ2v) is 7.11. The topological polar surface area (TPSA) is 29.5 Å². The number of amides is 1. The molecule has 1 atom stereocenters. The van der Waals surface area contributed by atoms with E-state index in [9.17, 15) is 4.79 Å². The van der Waals surface area contributed by atoms with Gasteiger partial charge in [-0.25, -0.2) is 4.79 Å². The molecule has 0 unspecified atom stereocenters. The van der Waals surface area contributed by atoms with Gasteiger partial charge in [-0.15, -0.1) is 0 Å². The highest BCUT2D eigenvalue weighted by Gasteiger charge is 2.19. The second-order valence-electron chi connectivity index (χ2n) is 7.11. The lowest BCUT2D eigenvalue weighted by atomic mass is 9.99. The van der Waals surface area contributed by atoms with Crippen LogP contribution in [0.25, 0.3) is 0 Å². The smallest absolute Gasteiger partial charge is 0.414 e. The monoisotopic (exact) mass is 367 g/mol. The molecule has 0 saturated carbocycles. The molecule has 0 aliphatic heterocycles. The Morgan fingerprint density at radius 3 is 2.22 bits per heavy atom. The fraction of sp³-hybridized carbons (Fsp3) is 0.458. The molecule has 3 nitrogen and oxygen atoms in total. The number of carbonyl (C=O) groups excluding carboxylic acids is 1. The SMILES string of the molecule is CCCCCC[C@H](CC)COC(=O)N(Cc1ccccc1)c1ccccc1. The van der Waals surface area contributed by atoms with Gasteiger partial charge in [0.15, 0.2) is 0 Å². The summed E-state index contributed by atoms with van der Waals surface area (Å²) in [4.78, 5) is 14.6. The van der Waals surface area contributed by atoms with Gasteiger partial charge >= 0.3 is 6.09 Å². The van der Waals surface area contributed by atoms with Crippen LogP contribution in [-0.4, -0.2) is 12.7 Å². The van der Waals surface area contributed by atoms with Crippen molar-refractivity contribution in [2.24, 2.45) is 5.92 Å². The number of benzene rings is 2. The predicted molar refractivity (Wildman–Crippen MR) is 113 cm³/mol. The van der Waals surface area contributed by atoms with Gasteiger partial charge in [-0.2, -0.15) is 0 Å². The van der Waals surface area contributed by atoms with Gasteiger partial charge in [0.25, 0.3) is 0 Å². The van der Waals surface area contributed by atoms with E-state index in [1.54, 1.807) is 4.90 Å². The summed E-state index contributed by atoms with van der Waals surface area (Å²) in [7, 11) is 0. The van der Waals surface area contributed by atoms with Crippen molar-refractivity contribution in [1.29, 1.82) is 0 Å². The molecule has 0 N–H and O–H groups in total. The van der Waals surface area contributed by atoms with E-state index in [1.807, 2.05) is 60.7 Å². The van der Waals surface area contributed by atoms with Crippen LogP contribution in [-0.2, 0) is 11.3 Å². The van der Waals surface area contributed by atoms with Crippen LogP contribution in [0.2, 0.25) is 0 Å². The maximum Gasteiger partial charge on any atom is 0.414 e. The van der Waals surface area contributed by atoms with Crippen LogP contribution in [0.3, 0.4) is 0 Å². The molecule has 0 aromatic heterocycles. The minimum Gasteiger partial charge on any atom is -0.449 e. The lowest BCUT2D eigenvalue weighted by Gasteiger charge is -2.24. The summed E-state index contributed by atoms with van der Waals surface area (Å²) in [5.74, 6) is 0.445. The van der Waals surface area contributed by atoms with E-state index in [2.05, 4.69) is 13.8 Å². The molecular formula is C24H33NO2. The summed E-state index contributed by atoms with van der Waals surface area (Å²) in [5.41, 5.74) is 1.95. The number of hydrogen-bond donors (Lipinski definition) is 0. The van der Waals surface area contributed by atoms with E-state index >= 15 is 0 Å². The third-order valence-corrected chi connectivity index (χ3v) is 4.96. The molecule has 27 heavy (non-hydrogen) atoms. The van der Waals surface area contributed by atoms with E-state index in [4.69, 9.17) is 4.74 Å². The maximum absolute atomic E-state index is 12.8. The molecule has 2 aromatic rings. The van der Waals surface area contributed by atoms with Crippen LogP contribution in [0.1, 0.15) is 57.9 Å². The highest BCUT2D eigenvalue weighted by molar-refractivity contribution is 5.87. The van der Waals surface area contributed by atoms with Gasteiger partial charge in [-0.1, -0.05) is 94.5 Å². The Labute approximate surface area is 164 Å². The van der Waals surface area contributed by atoms with Crippen molar-refractivity contribution in [3.8, 4) is 0 Å². The first-order chi connectivity index (χ1) is 13.2. The molecule has 0 fully saturated rings. The molecule has 0 spiro atoms. The highest BCUT2D eigenvalue weighted by Crippen LogP contribution is 2.20. The molecule has 146 valence electrons. The minimum atomic E-state index is -0.267. The summed E-state index contributed by atoms with van der Waals surface area (Å²) in [5, 5.41) is 0. The number of nitrogens with zero attached hydrogens (tertiary/aromatic N) is 1. The summed E-state index contributed by atoms with van der Waals surface area (Å²) in [6.07, 6.45) is 6.93. The van der Waals surface area contributed by atoms with E-state index in [0.717, 1.165) is 24.1 Å². The van der Waals surface area contributed by atoms with Crippen molar-refractivity contribution in [3.63, 3.8) is 0 Å². The normalized spacial score (nSPS) is 11.8. The van der Waals surface area contributed by atoms with E-state index < -0.39 is 0 Å². The van der Waals surface area contributed by atoms with Crippen molar-refractivity contribution >= 4 is 11.8 Å². The average molecular weight is 368 g/mol. The Morgan fingerprint density at radius 2 is 1.59 bits per heavy atom. The first kappa shape index (κ1) is 21.0. The number of ether oxygens (including phenoxy) is 1. The second kappa shape index (κ2) is 12.2. The zero-order valence-corrected chi connectivity index (χ0v) is 16.8. The largest absolute Gasteiger partial charge is 0.449 e. The molecule has 0 bridgehead atoms. The molecule has 0 aliphatic carbocycles. The Balaban J connectivity index is 1.96. The van der Waals surface area contributed by atoms with Gasteiger partial charge in [0, 0.05) is 5.69 Å². The zero-order chi connectivity index (χ0) is 19.3. The minimum absolute atomic E-state index is 0.267. The van der Waals surface area contributed by atoms with Gasteiger partial charge in [-0.05, 0) is 30.0 Å². The van der Waals surface area contributed by atoms with Crippen LogP contribution >= 0.6 is 0 Å². The lowest BCUT2D eigenvalue weighted by molar-refractivity contribution is 0.128. The van der Waals surface area contributed by atoms with Crippen molar-refractivity contribution in [3.05, 3.63) is 66.2 Å². The molecule has 2 aromatic carbocycles. The third kappa shape index (κ3) is 7.46. The molecule has 1 amide bonds. The average Bonchev–Trinajstić information content (AvgIpc) is 2.72. The predicted octanol–water partition coefficient (Wildman–Crippen LogP) is 6.83. The number of anilines is 1. The van der Waals surface area contributed by atoms with Gasteiger partial charge in [0.1, 0.15) is 0 Å². The highest BCUT2D eigenvalue weighted by atomic mass is 16.6. The molecule has 0 heterocycles. The number of hydrogen-bond acceptors (Lipinski definition) is 2. The molecule has 0 radical (unpaired) electrons. The van der Waals surface area contributed by atoms with Crippen molar-refractivity contribution < 1.29 is 9.53 Å². The van der Waals surface area contributed by atoms with E-state index in [1.165, 1.54) is 25.7 Å². The van der Waals surface area contributed by atoms with Crippen LogP contribution < -0.4 is 4.90 Å². The first-order valence-corrected chi connectivity index (χ1v) is 10.3. The van der Waals surface area contributed by atoms with Crippen molar-refractivity contribution in [2.75, 3.05) is 11.5 Å². The molecule has 3 heteroatoms. The Bertz CT molecular complexity index is 642. The fourth-order valence-electron chi connectivity index (χ4n) is 3.17. The Kier molecular flexibility index (Phi) is 9.47. The van der Waals surface area contributed by atoms with Gasteiger partial charge < -0.3 is 4.74 Å². The van der Waals surface area contributed by atoms with Crippen molar-refractivity contribution in [1.82, 2.24) is 0 Å². The number of unbranched alkanes of at least 4 members (excludes halogenated alkanes) is 3. The van der Waals surface area contributed by atoms with Crippen LogP contribution in [0.5, 0.6) is 0 Å². The fourth-order valence-corrected chi connectivity index (χ4v) is 3.17. The van der Waals surface area contributed by atoms with Crippen molar-refractivity contribution in [2.45, 2.75) is 58.9 Å². The molecule has 0 saturated heterocycles. The lowest BCUT2D eigenvalue weighted by Crippen LogP contribution is -2.32. The Hall–Kier alpha value is -2.29.